The smallest absolute Gasteiger partial charge is 0.344 e. The molecule has 0 heterocycles. The third kappa shape index (κ3) is 2.70. The number of carbonyl (C=O) groups is 1. The van der Waals surface area contributed by atoms with E-state index in [1.807, 2.05) is 6.92 Å². The first-order chi connectivity index (χ1) is 6.96. The number of ether oxygens (including phenoxy) is 1. The van der Waals surface area contributed by atoms with Crippen LogP contribution in [0.15, 0.2) is 0 Å². The molecule has 0 radical (unpaired) electrons. The lowest BCUT2D eigenvalue weighted by Gasteiger charge is -2.30. The molecule has 1 saturated carbocycles. The predicted molar refractivity (Wildman–Crippen MR) is 57.4 cm³/mol. The molecule has 1 unspecified atom stereocenters. The summed E-state index contributed by atoms with van der Waals surface area (Å²) in [6.45, 7) is 4.96. The molecule has 0 saturated heterocycles. The quantitative estimate of drug-likeness (QED) is 0.673. The second kappa shape index (κ2) is 4.50. The Morgan fingerprint density at radius 3 is 2.33 bits per heavy atom. The Labute approximate surface area is 91.2 Å². The molecule has 0 N–H and O–H groups in total. The summed E-state index contributed by atoms with van der Waals surface area (Å²) < 4.78 is 19.1. The van der Waals surface area contributed by atoms with Gasteiger partial charge in [0.2, 0.25) is 5.67 Å². The van der Waals surface area contributed by atoms with E-state index in [1.54, 1.807) is 6.92 Å². The molecular formula is C12H21FO2. The van der Waals surface area contributed by atoms with Crippen molar-refractivity contribution in [1.29, 1.82) is 0 Å². The van der Waals surface area contributed by atoms with Crippen molar-refractivity contribution in [3.05, 3.63) is 0 Å². The van der Waals surface area contributed by atoms with E-state index in [1.165, 1.54) is 6.92 Å². The molecule has 0 bridgehead atoms. The van der Waals surface area contributed by atoms with Crippen molar-refractivity contribution in [2.24, 2.45) is 0 Å². The fourth-order valence-electron chi connectivity index (χ4n) is 1.99. The topological polar surface area (TPSA) is 26.3 Å². The third-order valence-electron chi connectivity index (χ3n) is 3.56. The Bertz CT molecular complexity index is 230. The Kier molecular flexibility index (Phi) is 3.74. The van der Waals surface area contributed by atoms with Gasteiger partial charge >= 0.3 is 5.97 Å². The van der Waals surface area contributed by atoms with Gasteiger partial charge in [-0.05, 0) is 45.4 Å². The van der Waals surface area contributed by atoms with Gasteiger partial charge in [-0.15, -0.1) is 0 Å². The fourth-order valence-corrected chi connectivity index (χ4v) is 1.99. The molecule has 0 amide bonds. The van der Waals surface area contributed by atoms with Crippen molar-refractivity contribution in [3.8, 4) is 0 Å². The standard InChI is InChI=1S/C12H21FO2/c1-4-11(3,13)10(14)15-12(5-2)8-6-7-9-12/h4-9H2,1-3H3. The van der Waals surface area contributed by atoms with Crippen molar-refractivity contribution in [2.45, 2.75) is 70.6 Å². The normalized spacial score (nSPS) is 23.5. The summed E-state index contributed by atoms with van der Waals surface area (Å²) in [5.41, 5.74) is -2.20. The Hall–Kier alpha value is -0.600. The minimum Gasteiger partial charge on any atom is -0.457 e. The van der Waals surface area contributed by atoms with E-state index in [9.17, 15) is 9.18 Å². The first-order valence-corrected chi connectivity index (χ1v) is 5.88. The summed E-state index contributed by atoms with van der Waals surface area (Å²) >= 11 is 0. The maximum Gasteiger partial charge on any atom is 0.344 e. The summed E-state index contributed by atoms with van der Waals surface area (Å²) in [7, 11) is 0. The Balaban J connectivity index is 2.63. The zero-order valence-corrected chi connectivity index (χ0v) is 9.94. The van der Waals surface area contributed by atoms with Crippen molar-refractivity contribution >= 4 is 5.97 Å². The van der Waals surface area contributed by atoms with Crippen LogP contribution in [0.1, 0.15) is 59.3 Å². The summed E-state index contributed by atoms with van der Waals surface area (Å²) in [6.07, 6.45) is 4.89. The maximum atomic E-state index is 13.7. The van der Waals surface area contributed by atoms with Gasteiger partial charge in [0, 0.05) is 0 Å². The van der Waals surface area contributed by atoms with E-state index in [2.05, 4.69) is 0 Å². The maximum absolute atomic E-state index is 13.7. The number of hydrogen-bond acceptors (Lipinski definition) is 2. The monoisotopic (exact) mass is 216 g/mol. The van der Waals surface area contributed by atoms with Gasteiger partial charge in [-0.3, -0.25) is 0 Å². The van der Waals surface area contributed by atoms with Crippen LogP contribution in [-0.2, 0) is 9.53 Å². The molecule has 0 aromatic heterocycles. The van der Waals surface area contributed by atoms with Crippen molar-refractivity contribution in [1.82, 2.24) is 0 Å². The minimum atomic E-state index is -1.83. The molecule has 3 heteroatoms. The Morgan fingerprint density at radius 1 is 1.40 bits per heavy atom. The zero-order chi connectivity index (χ0) is 11.5. The Morgan fingerprint density at radius 2 is 1.93 bits per heavy atom. The van der Waals surface area contributed by atoms with Crippen LogP contribution in [0.3, 0.4) is 0 Å². The molecule has 0 aliphatic heterocycles. The van der Waals surface area contributed by atoms with Crippen LogP contribution < -0.4 is 0 Å². The lowest BCUT2D eigenvalue weighted by molar-refractivity contribution is -0.173. The molecule has 1 atom stereocenters. The fraction of sp³-hybridized carbons (Fsp3) is 0.917. The highest BCUT2D eigenvalue weighted by Gasteiger charge is 2.41. The predicted octanol–water partition coefficient (Wildman–Crippen LogP) is 3.39. The molecule has 2 nitrogen and oxygen atoms in total. The largest absolute Gasteiger partial charge is 0.457 e. The van der Waals surface area contributed by atoms with Crippen LogP contribution in [0, 0.1) is 0 Å². The third-order valence-corrected chi connectivity index (χ3v) is 3.56. The van der Waals surface area contributed by atoms with Crippen LogP contribution in [0.2, 0.25) is 0 Å². The van der Waals surface area contributed by atoms with Gasteiger partial charge < -0.3 is 4.74 Å². The first kappa shape index (κ1) is 12.5. The summed E-state index contributed by atoms with van der Waals surface area (Å²) in [6, 6.07) is 0. The summed E-state index contributed by atoms with van der Waals surface area (Å²) in [5.74, 6) is -0.686. The van der Waals surface area contributed by atoms with Crippen LogP contribution in [0.25, 0.3) is 0 Å². The lowest BCUT2D eigenvalue weighted by atomic mass is 9.98. The van der Waals surface area contributed by atoms with Gasteiger partial charge in [0.05, 0.1) is 0 Å². The second-order valence-corrected chi connectivity index (χ2v) is 4.68. The molecule has 1 aliphatic rings. The molecule has 0 spiro atoms. The highest BCUT2D eigenvalue weighted by Crippen LogP contribution is 2.37. The molecule has 1 fully saturated rings. The molecule has 1 aliphatic carbocycles. The molecule has 0 aromatic rings. The van der Waals surface area contributed by atoms with Crippen LogP contribution >= 0.6 is 0 Å². The molecular weight excluding hydrogens is 195 g/mol. The number of rotatable bonds is 4. The van der Waals surface area contributed by atoms with Gasteiger partial charge in [-0.1, -0.05) is 13.8 Å². The van der Waals surface area contributed by atoms with E-state index in [0.29, 0.717) is 0 Å². The lowest BCUT2D eigenvalue weighted by Crippen LogP contribution is -2.40. The van der Waals surface area contributed by atoms with Crippen LogP contribution in [-0.4, -0.2) is 17.2 Å². The second-order valence-electron chi connectivity index (χ2n) is 4.68. The summed E-state index contributed by atoms with van der Waals surface area (Å²) in [4.78, 5) is 11.6. The summed E-state index contributed by atoms with van der Waals surface area (Å²) in [5, 5.41) is 0. The van der Waals surface area contributed by atoms with E-state index < -0.39 is 11.6 Å². The van der Waals surface area contributed by atoms with E-state index >= 15 is 0 Å². The number of alkyl halides is 1. The number of hydrogen-bond donors (Lipinski definition) is 0. The molecule has 88 valence electrons. The highest BCUT2D eigenvalue weighted by atomic mass is 19.1. The van der Waals surface area contributed by atoms with E-state index in [4.69, 9.17) is 4.74 Å². The van der Waals surface area contributed by atoms with Crippen LogP contribution in [0.4, 0.5) is 4.39 Å². The SMILES string of the molecule is CCC1(OC(=O)C(C)(F)CC)CCCC1. The van der Waals surface area contributed by atoms with E-state index in [-0.39, 0.29) is 12.0 Å². The number of halogens is 1. The van der Waals surface area contributed by atoms with Gasteiger partial charge in [0.15, 0.2) is 0 Å². The van der Waals surface area contributed by atoms with E-state index in [0.717, 1.165) is 32.1 Å². The van der Waals surface area contributed by atoms with Gasteiger partial charge in [-0.2, -0.15) is 0 Å². The van der Waals surface area contributed by atoms with Crippen LogP contribution in [0.5, 0.6) is 0 Å². The number of esters is 1. The van der Waals surface area contributed by atoms with Gasteiger partial charge in [0.25, 0.3) is 0 Å². The molecule has 1 rings (SSSR count). The highest BCUT2D eigenvalue weighted by molar-refractivity contribution is 5.79. The average molecular weight is 216 g/mol. The van der Waals surface area contributed by atoms with Gasteiger partial charge in [0.1, 0.15) is 5.60 Å². The van der Waals surface area contributed by atoms with Crippen molar-refractivity contribution < 1.29 is 13.9 Å². The molecule has 0 aromatic carbocycles. The minimum absolute atomic E-state index is 0.172. The average Bonchev–Trinajstić information content (AvgIpc) is 2.67. The number of carbonyl (C=O) groups excluding carboxylic acids is 1. The van der Waals surface area contributed by atoms with Crippen molar-refractivity contribution in [2.75, 3.05) is 0 Å². The van der Waals surface area contributed by atoms with Gasteiger partial charge in [-0.25, -0.2) is 9.18 Å². The zero-order valence-electron chi connectivity index (χ0n) is 9.94. The molecule has 15 heavy (non-hydrogen) atoms. The first-order valence-electron chi connectivity index (χ1n) is 5.88. The van der Waals surface area contributed by atoms with Crippen molar-refractivity contribution in [3.63, 3.8) is 0 Å².